The van der Waals surface area contributed by atoms with Gasteiger partial charge in [-0.25, -0.2) is 12.8 Å². The molecule has 0 aliphatic carbocycles. The van der Waals surface area contributed by atoms with E-state index in [1.807, 2.05) is 0 Å². The van der Waals surface area contributed by atoms with Crippen molar-refractivity contribution in [2.24, 2.45) is 0 Å². The molecule has 0 saturated carbocycles. The fourth-order valence-corrected chi connectivity index (χ4v) is 2.95. The van der Waals surface area contributed by atoms with Gasteiger partial charge in [-0.05, 0) is 42.5 Å². The third-order valence-corrected chi connectivity index (χ3v) is 4.75. The van der Waals surface area contributed by atoms with E-state index in [0.717, 1.165) is 22.5 Å². The third-order valence-electron chi connectivity index (χ3n) is 2.97. The molecule has 0 aliphatic rings. The van der Waals surface area contributed by atoms with Crippen LogP contribution in [0.15, 0.2) is 47.4 Å². The Hall–Kier alpha value is -2.59. The average molecular weight is 305 g/mol. The summed E-state index contributed by atoms with van der Waals surface area (Å²) in [6.07, 6.45) is 0. The fourth-order valence-electron chi connectivity index (χ4n) is 1.73. The molecule has 108 valence electrons. The van der Waals surface area contributed by atoms with Gasteiger partial charge in [0.05, 0.1) is 16.1 Å². The van der Waals surface area contributed by atoms with Crippen molar-refractivity contribution in [3.8, 4) is 6.07 Å². The number of hydrogen-bond acceptors (Lipinski definition) is 4. The van der Waals surface area contributed by atoms with E-state index in [1.54, 1.807) is 30.3 Å². The molecule has 21 heavy (non-hydrogen) atoms. The summed E-state index contributed by atoms with van der Waals surface area (Å²) < 4.78 is 39.2. The quantitative estimate of drug-likeness (QED) is 0.880. The second-order valence-corrected chi connectivity index (χ2v) is 6.29. The van der Waals surface area contributed by atoms with Gasteiger partial charge in [-0.2, -0.15) is 5.26 Å². The second-order valence-electron chi connectivity index (χ2n) is 4.32. The first kappa shape index (κ1) is 14.8. The van der Waals surface area contributed by atoms with Crippen LogP contribution in [-0.4, -0.2) is 15.5 Å². The predicted molar refractivity (Wildman–Crippen MR) is 77.6 cm³/mol. The lowest BCUT2D eigenvalue weighted by Gasteiger charge is -2.19. The van der Waals surface area contributed by atoms with E-state index in [9.17, 15) is 12.8 Å². The molecule has 2 rings (SSSR count). The first-order chi connectivity index (χ1) is 9.86. The zero-order valence-electron chi connectivity index (χ0n) is 11.1. The SMILES string of the molecule is CN(c1ccc(N)cc1)S(=O)(=O)c1ccc(F)c(C#N)c1. The first-order valence-corrected chi connectivity index (χ1v) is 7.34. The summed E-state index contributed by atoms with van der Waals surface area (Å²) in [6.45, 7) is 0. The van der Waals surface area contributed by atoms with Crippen LogP contribution in [0.2, 0.25) is 0 Å². The van der Waals surface area contributed by atoms with Gasteiger partial charge >= 0.3 is 0 Å². The monoisotopic (exact) mass is 305 g/mol. The van der Waals surface area contributed by atoms with Crippen LogP contribution in [0.3, 0.4) is 0 Å². The number of hydrogen-bond donors (Lipinski definition) is 1. The molecule has 0 bridgehead atoms. The number of nitrogen functional groups attached to an aromatic ring is 1. The minimum atomic E-state index is -3.88. The molecule has 2 aromatic rings. The van der Waals surface area contributed by atoms with Gasteiger partial charge in [0.2, 0.25) is 0 Å². The van der Waals surface area contributed by atoms with Gasteiger partial charge in [-0.1, -0.05) is 0 Å². The number of benzene rings is 2. The molecule has 0 aliphatic heterocycles. The van der Waals surface area contributed by atoms with Gasteiger partial charge < -0.3 is 5.73 Å². The maximum absolute atomic E-state index is 13.3. The molecular weight excluding hydrogens is 293 g/mol. The average Bonchev–Trinajstić information content (AvgIpc) is 2.47. The van der Waals surface area contributed by atoms with Crippen LogP contribution in [-0.2, 0) is 10.0 Å². The van der Waals surface area contributed by atoms with Crippen molar-refractivity contribution >= 4 is 21.4 Å². The molecule has 0 fully saturated rings. The highest BCUT2D eigenvalue weighted by Crippen LogP contribution is 2.24. The number of nitriles is 1. The summed E-state index contributed by atoms with van der Waals surface area (Å²) in [5.41, 5.74) is 6.16. The van der Waals surface area contributed by atoms with Crippen LogP contribution in [0.1, 0.15) is 5.56 Å². The lowest BCUT2D eigenvalue weighted by molar-refractivity contribution is 0.592. The second kappa shape index (κ2) is 5.42. The number of nitrogens with zero attached hydrogens (tertiary/aromatic N) is 2. The summed E-state index contributed by atoms with van der Waals surface area (Å²) >= 11 is 0. The van der Waals surface area contributed by atoms with Crippen LogP contribution in [0.25, 0.3) is 0 Å². The highest BCUT2D eigenvalue weighted by molar-refractivity contribution is 7.92. The normalized spacial score (nSPS) is 10.9. The van der Waals surface area contributed by atoms with Crippen molar-refractivity contribution in [3.63, 3.8) is 0 Å². The molecule has 0 saturated heterocycles. The highest BCUT2D eigenvalue weighted by atomic mass is 32.2. The Morgan fingerprint density at radius 3 is 2.38 bits per heavy atom. The summed E-state index contributed by atoms with van der Waals surface area (Å²) in [4.78, 5) is -0.153. The number of halogens is 1. The van der Waals surface area contributed by atoms with Gasteiger partial charge in [0.1, 0.15) is 11.9 Å². The Balaban J connectivity index is 2.47. The van der Waals surface area contributed by atoms with Gasteiger partial charge in [0.15, 0.2) is 0 Å². The zero-order chi connectivity index (χ0) is 15.6. The van der Waals surface area contributed by atoms with E-state index in [1.165, 1.54) is 7.05 Å². The van der Waals surface area contributed by atoms with Crippen LogP contribution in [0, 0.1) is 17.1 Å². The zero-order valence-corrected chi connectivity index (χ0v) is 11.9. The standard InChI is InChI=1S/C14H12FN3O2S/c1-18(12-4-2-11(17)3-5-12)21(19,20)13-6-7-14(15)10(8-13)9-16/h2-8H,17H2,1H3. The lowest BCUT2D eigenvalue weighted by atomic mass is 10.2. The molecule has 0 radical (unpaired) electrons. The molecule has 0 amide bonds. The van der Waals surface area contributed by atoms with E-state index in [4.69, 9.17) is 11.0 Å². The summed E-state index contributed by atoms with van der Waals surface area (Å²) in [7, 11) is -2.51. The van der Waals surface area contributed by atoms with Crippen LogP contribution >= 0.6 is 0 Å². The fraction of sp³-hybridized carbons (Fsp3) is 0.0714. The lowest BCUT2D eigenvalue weighted by Crippen LogP contribution is -2.26. The van der Waals surface area contributed by atoms with Crippen molar-refractivity contribution in [2.45, 2.75) is 4.90 Å². The Kier molecular flexibility index (Phi) is 3.82. The van der Waals surface area contributed by atoms with Crippen LogP contribution in [0.5, 0.6) is 0 Å². The van der Waals surface area contributed by atoms with Crippen molar-refractivity contribution in [2.75, 3.05) is 17.1 Å². The molecule has 2 aromatic carbocycles. The number of rotatable bonds is 3. The van der Waals surface area contributed by atoms with Gasteiger partial charge in [-0.3, -0.25) is 4.31 Å². The number of nitrogens with two attached hydrogens (primary N) is 1. The van der Waals surface area contributed by atoms with Gasteiger partial charge in [0, 0.05) is 12.7 Å². The highest BCUT2D eigenvalue weighted by Gasteiger charge is 2.22. The van der Waals surface area contributed by atoms with Gasteiger partial charge in [-0.15, -0.1) is 0 Å². The molecule has 2 N–H and O–H groups in total. The van der Waals surface area contributed by atoms with E-state index < -0.39 is 15.8 Å². The Morgan fingerprint density at radius 2 is 1.81 bits per heavy atom. The molecule has 0 atom stereocenters. The predicted octanol–water partition coefficient (Wildman–Crippen LogP) is 2.10. The van der Waals surface area contributed by atoms with Crippen molar-refractivity contribution < 1.29 is 12.8 Å². The molecule has 0 heterocycles. The van der Waals surface area contributed by atoms with E-state index in [0.29, 0.717) is 11.4 Å². The van der Waals surface area contributed by atoms with Crippen molar-refractivity contribution in [3.05, 3.63) is 53.8 Å². The largest absolute Gasteiger partial charge is 0.399 e. The van der Waals surface area contributed by atoms with Gasteiger partial charge in [0.25, 0.3) is 10.0 Å². The minimum absolute atomic E-state index is 0.153. The Bertz CT molecular complexity index is 811. The molecule has 5 nitrogen and oxygen atoms in total. The Labute approximate surface area is 122 Å². The van der Waals surface area contributed by atoms with Crippen molar-refractivity contribution in [1.82, 2.24) is 0 Å². The summed E-state index contributed by atoms with van der Waals surface area (Å²) in [5.74, 6) is -0.758. The summed E-state index contributed by atoms with van der Waals surface area (Å²) in [5, 5.41) is 8.78. The topological polar surface area (TPSA) is 87.2 Å². The van der Waals surface area contributed by atoms with E-state index >= 15 is 0 Å². The summed E-state index contributed by atoms with van der Waals surface area (Å²) in [6, 6.07) is 11.0. The molecule has 0 unspecified atom stereocenters. The maximum atomic E-state index is 13.3. The van der Waals surface area contributed by atoms with E-state index in [-0.39, 0.29) is 10.5 Å². The first-order valence-electron chi connectivity index (χ1n) is 5.90. The van der Waals surface area contributed by atoms with Crippen molar-refractivity contribution in [1.29, 1.82) is 5.26 Å². The van der Waals surface area contributed by atoms with Crippen LogP contribution in [0.4, 0.5) is 15.8 Å². The van der Waals surface area contributed by atoms with Crippen LogP contribution < -0.4 is 10.0 Å². The maximum Gasteiger partial charge on any atom is 0.264 e. The smallest absolute Gasteiger partial charge is 0.264 e. The molecule has 7 heteroatoms. The number of sulfonamides is 1. The van der Waals surface area contributed by atoms with E-state index in [2.05, 4.69) is 0 Å². The molecule has 0 spiro atoms. The Morgan fingerprint density at radius 1 is 1.19 bits per heavy atom. The molecule has 0 aromatic heterocycles. The third kappa shape index (κ3) is 2.80. The number of anilines is 2. The minimum Gasteiger partial charge on any atom is -0.399 e. The molecular formula is C14H12FN3O2S.